The van der Waals surface area contributed by atoms with Crippen molar-refractivity contribution in [3.05, 3.63) is 191 Å². The van der Waals surface area contributed by atoms with E-state index in [9.17, 15) is 0 Å². The minimum atomic E-state index is 0.876. The fourth-order valence-corrected chi connectivity index (χ4v) is 7.46. The van der Waals surface area contributed by atoms with Gasteiger partial charge in [-0.25, -0.2) is 9.97 Å². The molecule has 0 spiro atoms. The Labute approximate surface area is 319 Å². The minimum absolute atomic E-state index is 0.876. The van der Waals surface area contributed by atoms with Gasteiger partial charge in [-0.3, -0.25) is 0 Å². The highest BCUT2D eigenvalue weighted by Crippen LogP contribution is 2.40. The summed E-state index contributed by atoms with van der Waals surface area (Å²) in [7, 11) is 0. The minimum Gasteiger partial charge on any atom is -0.245 e. The van der Waals surface area contributed by atoms with Gasteiger partial charge < -0.3 is 0 Å². The fourth-order valence-electron chi connectivity index (χ4n) is 6.94. The summed E-state index contributed by atoms with van der Waals surface area (Å²) >= 11 is 7.27. The molecule has 9 rings (SSSR count). The van der Waals surface area contributed by atoms with Gasteiger partial charge in [0, 0.05) is 30.8 Å². The first-order chi connectivity index (χ1) is 25.6. The van der Waals surface area contributed by atoms with E-state index >= 15 is 0 Å². The second-order valence-electron chi connectivity index (χ2n) is 12.9. The van der Waals surface area contributed by atoms with E-state index in [0.717, 1.165) is 75.5 Å². The summed E-state index contributed by atoms with van der Waals surface area (Å²) in [6.45, 7) is 0. The van der Waals surface area contributed by atoms with Crippen LogP contribution in [0.2, 0.25) is 0 Å². The first-order valence-corrected chi connectivity index (χ1v) is 18.8. The van der Waals surface area contributed by atoms with Crippen molar-refractivity contribution in [1.29, 1.82) is 0 Å². The standard InChI is InChI=1S/C48H30Br2N2/c49-39-23-19-35(20-24-39)43-29-45(37-15-11-33(12-16-37)31-7-3-1-4-8-31)51-47-41(43)27-28-42-44(36-21-25-40(50)26-22-36)30-46(52-48(42)47)38-17-13-34(14-18-38)32-9-5-2-6-10-32/h1-30H. The van der Waals surface area contributed by atoms with E-state index in [1.165, 1.54) is 22.3 Å². The Morgan fingerprint density at radius 3 is 0.962 bits per heavy atom. The molecule has 0 N–H and O–H groups in total. The van der Waals surface area contributed by atoms with Crippen molar-refractivity contribution < 1.29 is 0 Å². The molecule has 0 unspecified atom stereocenters. The Kier molecular flexibility index (Phi) is 8.56. The molecule has 52 heavy (non-hydrogen) atoms. The third-order valence-electron chi connectivity index (χ3n) is 9.64. The number of halogens is 2. The van der Waals surface area contributed by atoms with Gasteiger partial charge in [0.2, 0.25) is 0 Å². The van der Waals surface area contributed by atoms with Crippen molar-refractivity contribution in [2.75, 3.05) is 0 Å². The predicted octanol–water partition coefficient (Wildman–Crippen LogP) is 14.3. The molecule has 0 fully saturated rings. The molecule has 0 aliphatic heterocycles. The van der Waals surface area contributed by atoms with E-state index in [-0.39, 0.29) is 0 Å². The highest BCUT2D eigenvalue weighted by molar-refractivity contribution is 9.10. The second-order valence-corrected chi connectivity index (χ2v) is 14.7. The van der Waals surface area contributed by atoms with Crippen molar-refractivity contribution >= 4 is 53.7 Å². The number of rotatable bonds is 6. The summed E-state index contributed by atoms with van der Waals surface area (Å²) in [5, 5.41) is 2.12. The van der Waals surface area contributed by atoms with Gasteiger partial charge in [0.1, 0.15) is 0 Å². The van der Waals surface area contributed by atoms with Gasteiger partial charge in [0.25, 0.3) is 0 Å². The topological polar surface area (TPSA) is 25.8 Å². The summed E-state index contributed by atoms with van der Waals surface area (Å²) in [5.41, 5.74) is 14.9. The molecule has 0 bridgehead atoms. The predicted molar refractivity (Wildman–Crippen MR) is 225 cm³/mol. The van der Waals surface area contributed by atoms with Crippen molar-refractivity contribution in [2.45, 2.75) is 0 Å². The van der Waals surface area contributed by atoms with Crippen LogP contribution in [0.25, 0.3) is 88.8 Å². The number of nitrogens with zero attached hydrogens (tertiary/aromatic N) is 2. The van der Waals surface area contributed by atoms with Gasteiger partial charge in [0.05, 0.1) is 22.4 Å². The number of aromatic nitrogens is 2. The summed E-state index contributed by atoms with van der Waals surface area (Å²) < 4.78 is 2.08. The van der Waals surface area contributed by atoms with E-state index in [0.29, 0.717) is 0 Å². The number of hydrogen-bond acceptors (Lipinski definition) is 2. The lowest BCUT2D eigenvalue weighted by molar-refractivity contribution is 1.36. The van der Waals surface area contributed by atoms with Crippen molar-refractivity contribution in [3.63, 3.8) is 0 Å². The quantitative estimate of drug-likeness (QED) is 0.157. The van der Waals surface area contributed by atoms with Crippen LogP contribution in [0.3, 0.4) is 0 Å². The van der Waals surface area contributed by atoms with Crippen LogP contribution in [0.4, 0.5) is 0 Å². The van der Waals surface area contributed by atoms with E-state index < -0.39 is 0 Å². The molecule has 0 aliphatic rings. The van der Waals surface area contributed by atoms with Gasteiger partial charge in [-0.2, -0.15) is 0 Å². The molecule has 0 atom stereocenters. The van der Waals surface area contributed by atoms with Crippen molar-refractivity contribution in [1.82, 2.24) is 9.97 Å². The molecule has 7 aromatic carbocycles. The van der Waals surface area contributed by atoms with Crippen LogP contribution in [0, 0.1) is 0 Å². The Morgan fingerprint density at radius 1 is 0.288 bits per heavy atom. The Morgan fingerprint density at radius 2 is 0.596 bits per heavy atom. The molecular formula is C48H30Br2N2. The second kappa shape index (κ2) is 13.8. The first-order valence-electron chi connectivity index (χ1n) is 17.2. The number of benzene rings is 7. The molecule has 0 aliphatic carbocycles. The zero-order chi connectivity index (χ0) is 35.0. The lowest BCUT2D eigenvalue weighted by atomic mass is 9.93. The monoisotopic (exact) mass is 792 g/mol. The summed E-state index contributed by atoms with van der Waals surface area (Å²) in [5.74, 6) is 0. The molecule has 0 saturated carbocycles. The largest absolute Gasteiger partial charge is 0.245 e. The maximum Gasteiger partial charge on any atom is 0.0978 e. The average Bonchev–Trinajstić information content (AvgIpc) is 3.21. The third kappa shape index (κ3) is 6.25. The van der Waals surface area contributed by atoms with Crippen LogP contribution in [-0.4, -0.2) is 9.97 Å². The van der Waals surface area contributed by atoms with Gasteiger partial charge in [-0.05, 0) is 80.9 Å². The summed E-state index contributed by atoms with van der Waals surface area (Å²) in [6.07, 6.45) is 0. The molecule has 2 heterocycles. The van der Waals surface area contributed by atoms with Crippen molar-refractivity contribution in [2.24, 2.45) is 0 Å². The van der Waals surface area contributed by atoms with Crippen LogP contribution in [0.1, 0.15) is 0 Å². The maximum atomic E-state index is 5.44. The summed E-state index contributed by atoms with van der Waals surface area (Å²) in [6, 6.07) is 64.3. The lowest BCUT2D eigenvalue weighted by Gasteiger charge is -2.16. The zero-order valence-corrected chi connectivity index (χ0v) is 31.1. The van der Waals surface area contributed by atoms with Crippen LogP contribution in [0.5, 0.6) is 0 Å². The summed E-state index contributed by atoms with van der Waals surface area (Å²) in [4.78, 5) is 10.9. The molecule has 4 heteroatoms. The molecule has 0 saturated heterocycles. The van der Waals surface area contributed by atoms with Crippen molar-refractivity contribution in [3.8, 4) is 67.0 Å². The molecule has 246 valence electrons. The highest BCUT2D eigenvalue weighted by atomic mass is 79.9. The van der Waals surface area contributed by atoms with Crippen LogP contribution < -0.4 is 0 Å². The number of hydrogen-bond donors (Lipinski definition) is 0. The van der Waals surface area contributed by atoms with Crippen LogP contribution >= 0.6 is 31.9 Å². The Balaban J connectivity index is 1.29. The van der Waals surface area contributed by atoms with Gasteiger partial charge in [-0.15, -0.1) is 0 Å². The first kappa shape index (κ1) is 32.2. The number of pyridine rings is 2. The van der Waals surface area contributed by atoms with Crippen LogP contribution in [-0.2, 0) is 0 Å². The zero-order valence-electron chi connectivity index (χ0n) is 28.0. The normalized spacial score (nSPS) is 11.3. The third-order valence-corrected chi connectivity index (χ3v) is 10.7. The molecular weight excluding hydrogens is 764 g/mol. The SMILES string of the molecule is Brc1ccc(-c2cc(-c3ccc(-c4ccccc4)cc3)nc3c2ccc2c(-c4ccc(Br)cc4)cc(-c4ccc(-c5ccccc5)cc4)nc23)cc1. The van der Waals surface area contributed by atoms with E-state index in [2.05, 4.69) is 202 Å². The smallest absolute Gasteiger partial charge is 0.0978 e. The van der Waals surface area contributed by atoms with Gasteiger partial charge in [0.15, 0.2) is 0 Å². The average molecular weight is 795 g/mol. The Bertz CT molecular complexity index is 2500. The van der Waals surface area contributed by atoms with E-state index in [1.54, 1.807) is 0 Å². The Hall–Kier alpha value is -5.68. The van der Waals surface area contributed by atoms with Crippen LogP contribution in [0.15, 0.2) is 191 Å². The van der Waals surface area contributed by atoms with E-state index in [4.69, 9.17) is 9.97 Å². The highest BCUT2D eigenvalue weighted by Gasteiger charge is 2.17. The van der Waals surface area contributed by atoms with Gasteiger partial charge in [-0.1, -0.05) is 177 Å². The number of fused-ring (bicyclic) bond motifs is 3. The maximum absolute atomic E-state index is 5.44. The molecule has 9 aromatic rings. The molecule has 2 aromatic heterocycles. The molecule has 0 radical (unpaired) electrons. The molecule has 0 amide bonds. The van der Waals surface area contributed by atoms with Gasteiger partial charge >= 0.3 is 0 Å². The fraction of sp³-hybridized carbons (Fsp3) is 0. The van der Waals surface area contributed by atoms with E-state index in [1.807, 2.05) is 12.1 Å². The molecule has 2 nitrogen and oxygen atoms in total. The lowest BCUT2D eigenvalue weighted by Crippen LogP contribution is -1.96.